The van der Waals surface area contributed by atoms with Crippen LogP contribution in [0.1, 0.15) is 38.1 Å². The van der Waals surface area contributed by atoms with Crippen LogP contribution in [0.2, 0.25) is 0 Å². The number of likely N-dealkylation sites (tertiary alicyclic amines) is 2. The van der Waals surface area contributed by atoms with Crippen LogP contribution in [0.25, 0.3) is 0 Å². The van der Waals surface area contributed by atoms with Crippen LogP contribution < -0.4 is 0 Å². The molecule has 29 heavy (non-hydrogen) atoms. The third-order valence-corrected chi connectivity index (χ3v) is 6.13. The van der Waals surface area contributed by atoms with Crippen molar-refractivity contribution in [2.24, 2.45) is 11.8 Å². The second-order valence-corrected chi connectivity index (χ2v) is 7.77. The second-order valence-electron chi connectivity index (χ2n) is 7.77. The Kier molecular flexibility index (Phi) is 4.23. The highest BCUT2D eigenvalue weighted by atomic mass is 16.3. The lowest BCUT2D eigenvalue weighted by atomic mass is 9.87. The molecule has 0 unspecified atom stereocenters. The van der Waals surface area contributed by atoms with E-state index in [0.717, 1.165) is 11.1 Å². The Morgan fingerprint density at radius 3 is 2.69 bits per heavy atom. The number of furan rings is 1. The van der Waals surface area contributed by atoms with Gasteiger partial charge >= 0.3 is 0 Å². The molecule has 2 aliphatic rings. The number of carbonyl (C=O) groups excluding carboxylic acids is 2. The van der Waals surface area contributed by atoms with E-state index in [-0.39, 0.29) is 35.5 Å². The van der Waals surface area contributed by atoms with Gasteiger partial charge in [0, 0.05) is 31.5 Å². The van der Waals surface area contributed by atoms with Crippen molar-refractivity contribution in [1.29, 1.82) is 0 Å². The molecule has 2 amide bonds. The van der Waals surface area contributed by atoms with Gasteiger partial charge in [0.25, 0.3) is 11.8 Å². The van der Waals surface area contributed by atoms with Crippen LogP contribution >= 0.6 is 0 Å². The smallest absolute Gasteiger partial charge is 0.291 e. The number of hydrogen-bond donors (Lipinski definition) is 0. The third kappa shape index (κ3) is 2.93. The molecule has 0 aliphatic carbocycles. The molecule has 0 spiro atoms. The van der Waals surface area contributed by atoms with Gasteiger partial charge in [-0.05, 0) is 24.1 Å². The fourth-order valence-electron chi connectivity index (χ4n) is 4.77. The summed E-state index contributed by atoms with van der Waals surface area (Å²) in [7, 11) is 0. The van der Waals surface area contributed by atoms with E-state index in [1.807, 2.05) is 21.9 Å². The maximum atomic E-state index is 13.2. The van der Waals surface area contributed by atoms with E-state index in [0.29, 0.717) is 25.2 Å². The first-order chi connectivity index (χ1) is 14.1. The maximum Gasteiger partial charge on any atom is 0.291 e. The summed E-state index contributed by atoms with van der Waals surface area (Å²) >= 11 is 0. The van der Waals surface area contributed by atoms with E-state index in [4.69, 9.17) is 8.83 Å². The highest BCUT2D eigenvalue weighted by Crippen LogP contribution is 2.46. The van der Waals surface area contributed by atoms with Crippen LogP contribution in [-0.2, 0) is 0 Å². The molecule has 0 saturated carbocycles. The largest absolute Gasteiger partial charge is 0.472 e. The minimum absolute atomic E-state index is 0.0329. The zero-order valence-electron chi connectivity index (χ0n) is 16.0. The van der Waals surface area contributed by atoms with E-state index in [1.165, 1.54) is 25.1 Å². The highest BCUT2D eigenvalue weighted by Gasteiger charge is 2.50. The van der Waals surface area contributed by atoms with Crippen LogP contribution in [0.5, 0.6) is 0 Å². The molecule has 2 saturated heterocycles. The molecule has 1 aromatic carbocycles. The molecule has 2 aromatic heterocycles. The van der Waals surface area contributed by atoms with E-state index in [1.54, 1.807) is 6.07 Å². The standard InChI is InChI=1S/C22H21N3O4/c1-14-4-2-3-5-17(14)20-18-11-24(22(27)19-8-23-13-29-19)9-16(18)10-25(20)21(26)15-6-7-28-12-15/h2-8,12-13,16,18,20H,9-11H2,1H3/t16-,18-,20-/m0/s1. The van der Waals surface area contributed by atoms with Crippen molar-refractivity contribution >= 4 is 11.8 Å². The second kappa shape index (κ2) is 6.92. The first-order valence-corrected chi connectivity index (χ1v) is 9.70. The van der Waals surface area contributed by atoms with Crippen molar-refractivity contribution in [3.8, 4) is 0 Å². The zero-order valence-corrected chi connectivity index (χ0v) is 16.0. The summed E-state index contributed by atoms with van der Waals surface area (Å²) in [6.45, 7) is 3.85. The summed E-state index contributed by atoms with van der Waals surface area (Å²) in [5, 5.41) is 0. The van der Waals surface area contributed by atoms with Gasteiger partial charge in [-0.2, -0.15) is 0 Å². The van der Waals surface area contributed by atoms with Crippen LogP contribution in [0.4, 0.5) is 0 Å². The summed E-state index contributed by atoms with van der Waals surface area (Å²) < 4.78 is 10.3. The van der Waals surface area contributed by atoms with Crippen molar-refractivity contribution in [2.45, 2.75) is 13.0 Å². The van der Waals surface area contributed by atoms with E-state index in [9.17, 15) is 9.59 Å². The molecular formula is C22H21N3O4. The van der Waals surface area contributed by atoms with Gasteiger partial charge in [0.15, 0.2) is 6.39 Å². The Balaban J connectivity index is 1.47. The van der Waals surface area contributed by atoms with Crippen LogP contribution in [0.3, 0.4) is 0 Å². The lowest BCUT2D eigenvalue weighted by molar-refractivity contribution is 0.0665. The molecule has 0 N–H and O–H groups in total. The summed E-state index contributed by atoms with van der Waals surface area (Å²) in [6.07, 6.45) is 5.73. The van der Waals surface area contributed by atoms with Crippen molar-refractivity contribution in [3.63, 3.8) is 0 Å². The highest BCUT2D eigenvalue weighted by molar-refractivity contribution is 5.94. The summed E-state index contributed by atoms with van der Waals surface area (Å²) in [5.41, 5.74) is 2.83. The van der Waals surface area contributed by atoms with Gasteiger partial charge in [-0.25, -0.2) is 4.98 Å². The lowest BCUT2D eigenvalue weighted by Gasteiger charge is -2.30. The van der Waals surface area contributed by atoms with Crippen LogP contribution in [-0.4, -0.2) is 46.2 Å². The first kappa shape index (κ1) is 17.7. The first-order valence-electron chi connectivity index (χ1n) is 9.70. The van der Waals surface area contributed by atoms with Gasteiger partial charge in [-0.15, -0.1) is 0 Å². The molecule has 5 rings (SSSR count). The molecule has 3 aromatic rings. The molecule has 7 nitrogen and oxygen atoms in total. The number of rotatable bonds is 3. The van der Waals surface area contributed by atoms with Crippen molar-refractivity contribution < 1.29 is 18.4 Å². The minimum Gasteiger partial charge on any atom is -0.472 e. The summed E-state index contributed by atoms with van der Waals surface area (Å²) in [4.78, 5) is 33.6. The third-order valence-electron chi connectivity index (χ3n) is 6.13. The quantitative estimate of drug-likeness (QED) is 0.685. The number of carbonyl (C=O) groups is 2. The Bertz CT molecular complexity index is 1030. The number of nitrogens with zero attached hydrogens (tertiary/aromatic N) is 3. The predicted molar refractivity (Wildman–Crippen MR) is 103 cm³/mol. The van der Waals surface area contributed by atoms with E-state index < -0.39 is 0 Å². The van der Waals surface area contributed by atoms with Crippen molar-refractivity contribution in [1.82, 2.24) is 14.8 Å². The SMILES string of the molecule is Cc1ccccc1[C@H]1[C@H]2CN(C(=O)c3cnco3)C[C@H]2CN1C(=O)c1ccoc1. The molecule has 0 radical (unpaired) electrons. The number of benzene rings is 1. The number of aromatic nitrogens is 1. The molecule has 7 heteroatoms. The monoisotopic (exact) mass is 391 g/mol. The average Bonchev–Trinajstić information content (AvgIpc) is 3.52. The van der Waals surface area contributed by atoms with Crippen LogP contribution in [0, 0.1) is 18.8 Å². The Labute approximate surface area is 167 Å². The fourth-order valence-corrected chi connectivity index (χ4v) is 4.77. The minimum atomic E-state index is -0.145. The summed E-state index contributed by atoms with van der Waals surface area (Å²) in [5.74, 6) is 0.451. The Morgan fingerprint density at radius 2 is 1.97 bits per heavy atom. The van der Waals surface area contributed by atoms with Gasteiger partial charge in [0.05, 0.1) is 24.1 Å². The normalized spacial score (nSPS) is 23.4. The Hall–Kier alpha value is -3.35. The fraction of sp³-hybridized carbons (Fsp3) is 0.318. The number of hydrogen-bond acceptors (Lipinski definition) is 5. The maximum absolute atomic E-state index is 13.2. The van der Waals surface area contributed by atoms with Crippen LogP contribution in [0.15, 0.2) is 64.3 Å². The molecular weight excluding hydrogens is 370 g/mol. The topological polar surface area (TPSA) is 79.8 Å². The molecule has 0 bridgehead atoms. The molecule has 2 fully saturated rings. The van der Waals surface area contributed by atoms with Gasteiger partial charge in [0.1, 0.15) is 6.26 Å². The molecule has 2 aliphatic heterocycles. The number of aryl methyl sites for hydroxylation is 1. The average molecular weight is 391 g/mol. The van der Waals surface area contributed by atoms with E-state index in [2.05, 4.69) is 24.0 Å². The lowest BCUT2D eigenvalue weighted by Crippen LogP contribution is -2.37. The number of amides is 2. The van der Waals surface area contributed by atoms with Crippen molar-refractivity contribution in [3.05, 3.63) is 77.9 Å². The summed E-state index contributed by atoms with van der Waals surface area (Å²) in [6, 6.07) is 9.76. The van der Waals surface area contributed by atoms with Gasteiger partial charge in [-0.1, -0.05) is 24.3 Å². The molecule has 148 valence electrons. The van der Waals surface area contributed by atoms with Crippen molar-refractivity contribution in [2.75, 3.05) is 19.6 Å². The molecule has 4 heterocycles. The van der Waals surface area contributed by atoms with E-state index >= 15 is 0 Å². The Morgan fingerprint density at radius 1 is 1.10 bits per heavy atom. The number of oxazole rings is 1. The van der Waals surface area contributed by atoms with Gasteiger partial charge in [0.2, 0.25) is 5.76 Å². The predicted octanol–water partition coefficient (Wildman–Crippen LogP) is 3.16. The van der Waals surface area contributed by atoms with Gasteiger partial charge < -0.3 is 18.6 Å². The molecule has 3 atom stereocenters. The zero-order chi connectivity index (χ0) is 20.0. The number of fused-ring (bicyclic) bond motifs is 1. The van der Waals surface area contributed by atoms with Gasteiger partial charge in [-0.3, -0.25) is 9.59 Å².